The number of aromatic nitrogens is 5. The van der Waals surface area contributed by atoms with E-state index in [4.69, 9.17) is 0 Å². The van der Waals surface area contributed by atoms with Crippen LogP contribution in [0, 0.1) is 6.92 Å². The lowest BCUT2D eigenvalue weighted by Crippen LogP contribution is -2.01. The van der Waals surface area contributed by atoms with Gasteiger partial charge in [-0.05, 0) is 41.1 Å². The third-order valence-corrected chi connectivity index (χ3v) is 3.71. The fourth-order valence-electron chi connectivity index (χ4n) is 1.74. The average Bonchev–Trinajstić information content (AvgIpc) is 2.96. The van der Waals surface area contributed by atoms with E-state index in [0.29, 0.717) is 5.75 Å². The Bertz CT molecular complexity index is 678. The number of tetrazole rings is 1. The first-order valence-electron chi connectivity index (χ1n) is 6.21. The number of hydrogen-bond donors (Lipinski definition) is 0. The number of hydrogen-bond acceptors (Lipinski definition) is 5. The fraction of sp³-hybridized carbons (Fsp3) is 0.143. The molecule has 2 aromatic heterocycles. The van der Waals surface area contributed by atoms with Gasteiger partial charge in [-0.2, -0.15) is 4.68 Å². The highest BCUT2D eigenvalue weighted by molar-refractivity contribution is 7.98. The Balaban J connectivity index is 1.76. The molecule has 20 heavy (non-hydrogen) atoms. The second-order valence-corrected chi connectivity index (χ2v) is 5.30. The monoisotopic (exact) mass is 283 g/mol. The second-order valence-electron chi connectivity index (χ2n) is 4.30. The standard InChI is InChI=1S/C14H13N5S/c1-11-7-8-14(15-9-11)20-10-13-16-17-18-19(13)12-5-3-2-4-6-12/h2-9H,10H2,1H3. The molecule has 0 saturated carbocycles. The zero-order chi connectivity index (χ0) is 13.8. The Morgan fingerprint density at radius 2 is 1.95 bits per heavy atom. The minimum atomic E-state index is 0.679. The van der Waals surface area contributed by atoms with E-state index in [9.17, 15) is 0 Å². The van der Waals surface area contributed by atoms with Crippen molar-refractivity contribution in [3.05, 3.63) is 60.0 Å². The molecule has 0 amide bonds. The molecule has 0 unspecified atom stereocenters. The van der Waals surface area contributed by atoms with Gasteiger partial charge in [0.2, 0.25) is 0 Å². The second kappa shape index (κ2) is 5.83. The van der Waals surface area contributed by atoms with E-state index in [-0.39, 0.29) is 0 Å². The van der Waals surface area contributed by atoms with Gasteiger partial charge in [-0.3, -0.25) is 0 Å². The zero-order valence-corrected chi connectivity index (χ0v) is 11.8. The summed E-state index contributed by atoms with van der Waals surface area (Å²) in [5.41, 5.74) is 2.12. The molecule has 0 aliphatic rings. The summed E-state index contributed by atoms with van der Waals surface area (Å²) in [4.78, 5) is 4.37. The van der Waals surface area contributed by atoms with Gasteiger partial charge in [-0.25, -0.2) is 4.98 Å². The van der Waals surface area contributed by atoms with Crippen molar-refractivity contribution >= 4 is 11.8 Å². The number of para-hydroxylation sites is 1. The van der Waals surface area contributed by atoms with E-state index < -0.39 is 0 Å². The molecule has 100 valence electrons. The van der Waals surface area contributed by atoms with Crippen LogP contribution in [0.4, 0.5) is 0 Å². The molecular weight excluding hydrogens is 270 g/mol. The summed E-state index contributed by atoms with van der Waals surface area (Å²) in [5.74, 6) is 1.49. The normalized spacial score (nSPS) is 10.7. The van der Waals surface area contributed by atoms with Crippen LogP contribution in [0.1, 0.15) is 11.4 Å². The first-order valence-corrected chi connectivity index (χ1v) is 7.19. The van der Waals surface area contributed by atoms with E-state index in [1.54, 1.807) is 16.4 Å². The lowest BCUT2D eigenvalue weighted by Gasteiger charge is -2.04. The molecule has 0 fully saturated rings. The summed E-state index contributed by atoms with van der Waals surface area (Å²) < 4.78 is 1.75. The molecule has 0 bridgehead atoms. The number of rotatable bonds is 4. The van der Waals surface area contributed by atoms with Gasteiger partial charge in [0.25, 0.3) is 0 Å². The number of nitrogens with zero attached hydrogens (tertiary/aromatic N) is 5. The zero-order valence-electron chi connectivity index (χ0n) is 11.0. The molecular formula is C14H13N5S. The van der Waals surface area contributed by atoms with E-state index in [1.807, 2.05) is 49.5 Å². The van der Waals surface area contributed by atoms with Crippen LogP contribution < -0.4 is 0 Å². The van der Waals surface area contributed by atoms with Crippen molar-refractivity contribution in [2.24, 2.45) is 0 Å². The Morgan fingerprint density at radius 3 is 2.70 bits per heavy atom. The van der Waals surface area contributed by atoms with Crippen molar-refractivity contribution in [1.82, 2.24) is 25.2 Å². The topological polar surface area (TPSA) is 56.5 Å². The molecule has 0 N–H and O–H groups in total. The third kappa shape index (κ3) is 2.85. The molecule has 6 heteroatoms. The fourth-order valence-corrected chi connectivity index (χ4v) is 2.49. The predicted octanol–water partition coefficient (Wildman–Crippen LogP) is 2.66. The van der Waals surface area contributed by atoms with Crippen LogP contribution >= 0.6 is 11.8 Å². The Kier molecular flexibility index (Phi) is 3.73. The minimum Gasteiger partial charge on any atom is -0.250 e. The van der Waals surface area contributed by atoms with Gasteiger partial charge in [0.05, 0.1) is 16.5 Å². The smallest absolute Gasteiger partial charge is 0.166 e. The molecule has 3 aromatic rings. The number of aryl methyl sites for hydroxylation is 1. The summed E-state index contributed by atoms with van der Waals surface area (Å²) in [6.07, 6.45) is 1.86. The van der Waals surface area contributed by atoms with Crippen molar-refractivity contribution in [1.29, 1.82) is 0 Å². The van der Waals surface area contributed by atoms with E-state index in [1.165, 1.54) is 0 Å². The van der Waals surface area contributed by atoms with Gasteiger partial charge in [-0.1, -0.05) is 36.0 Å². The number of thioether (sulfide) groups is 1. The molecule has 0 spiro atoms. The molecule has 5 nitrogen and oxygen atoms in total. The molecule has 0 aliphatic carbocycles. The molecule has 3 rings (SSSR count). The Morgan fingerprint density at radius 1 is 1.10 bits per heavy atom. The highest BCUT2D eigenvalue weighted by Crippen LogP contribution is 2.20. The maximum Gasteiger partial charge on any atom is 0.166 e. The average molecular weight is 283 g/mol. The van der Waals surface area contributed by atoms with Crippen molar-refractivity contribution in [2.75, 3.05) is 0 Å². The Labute approximate surface area is 121 Å². The molecule has 0 atom stereocenters. The molecule has 2 heterocycles. The van der Waals surface area contributed by atoms with E-state index in [2.05, 4.69) is 26.6 Å². The van der Waals surface area contributed by atoms with Crippen molar-refractivity contribution in [3.8, 4) is 5.69 Å². The summed E-state index contributed by atoms with van der Waals surface area (Å²) >= 11 is 1.62. The third-order valence-electron chi connectivity index (χ3n) is 2.77. The van der Waals surface area contributed by atoms with Gasteiger partial charge in [0, 0.05) is 6.20 Å². The van der Waals surface area contributed by atoms with Crippen molar-refractivity contribution in [2.45, 2.75) is 17.7 Å². The van der Waals surface area contributed by atoms with Gasteiger partial charge >= 0.3 is 0 Å². The summed E-state index contributed by atoms with van der Waals surface area (Å²) in [6, 6.07) is 13.9. The van der Waals surface area contributed by atoms with Crippen LogP contribution in [-0.2, 0) is 5.75 Å². The summed E-state index contributed by atoms with van der Waals surface area (Å²) in [5, 5.41) is 12.8. The highest BCUT2D eigenvalue weighted by atomic mass is 32.2. The lowest BCUT2D eigenvalue weighted by molar-refractivity contribution is 0.777. The maximum atomic E-state index is 4.37. The molecule has 1 aromatic carbocycles. The lowest BCUT2D eigenvalue weighted by atomic mass is 10.3. The largest absolute Gasteiger partial charge is 0.250 e. The van der Waals surface area contributed by atoms with Gasteiger partial charge in [-0.15, -0.1) is 5.10 Å². The molecule has 0 radical (unpaired) electrons. The van der Waals surface area contributed by atoms with Gasteiger partial charge in [0.15, 0.2) is 5.82 Å². The molecule has 0 saturated heterocycles. The van der Waals surface area contributed by atoms with E-state index >= 15 is 0 Å². The van der Waals surface area contributed by atoms with E-state index in [0.717, 1.165) is 22.1 Å². The van der Waals surface area contributed by atoms with Crippen molar-refractivity contribution < 1.29 is 0 Å². The highest BCUT2D eigenvalue weighted by Gasteiger charge is 2.08. The van der Waals surface area contributed by atoms with Gasteiger partial charge < -0.3 is 0 Å². The van der Waals surface area contributed by atoms with Crippen LogP contribution in [0.25, 0.3) is 5.69 Å². The number of benzene rings is 1. The minimum absolute atomic E-state index is 0.679. The molecule has 0 aliphatic heterocycles. The SMILES string of the molecule is Cc1ccc(SCc2nnnn2-c2ccccc2)nc1. The maximum absolute atomic E-state index is 4.37. The summed E-state index contributed by atoms with van der Waals surface area (Å²) in [6.45, 7) is 2.03. The van der Waals surface area contributed by atoms with Crippen LogP contribution in [-0.4, -0.2) is 25.2 Å². The first-order chi connectivity index (χ1) is 9.83. The van der Waals surface area contributed by atoms with Crippen LogP contribution in [0.2, 0.25) is 0 Å². The van der Waals surface area contributed by atoms with Crippen LogP contribution in [0.5, 0.6) is 0 Å². The predicted molar refractivity (Wildman–Crippen MR) is 77.7 cm³/mol. The first kappa shape index (κ1) is 12.8. The number of pyridine rings is 1. The van der Waals surface area contributed by atoms with Crippen LogP contribution in [0.3, 0.4) is 0 Å². The van der Waals surface area contributed by atoms with Gasteiger partial charge in [0.1, 0.15) is 0 Å². The Hall–Kier alpha value is -2.21. The van der Waals surface area contributed by atoms with Crippen molar-refractivity contribution in [3.63, 3.8) is 0 Å². The summed E-state index contributed by atoms with van der Waals surface area (Å²) in [7, 11) is 0. The van der Waals surface area contributed by atoms with Crippen LogP contribution in [0.15, 0.2) is 53.7 Å². The quantitative estimate of drug-likeness (QED) is 0.689.